The van der Waals surface area contributed by atoms with E-state index in [-0.39, 0.29) is 6.61 Å². The van der Waals surface area contributed by atoms with Crippen molar-refractivity contribution < 1.29 is 19.0 Å². The van der Waals surface area contributed by atoms with E-state index in [4.69, 9.17) is 49.0 Å². The fourth-order valence-electron chi connectivity index (χ4n) is 1.28. The fraction of sp³-hybridized carbons (Fsp3) is 0.417. The Morgan fingerprint density at radius 2 is 1.85 bits per heavy atom. The van der Waals surface area contributed by atoms with Crippen molar-refractivity contribution in [1.29, 1.82) is 0 Å². The quantitative estimate of drug-likeness (QED) is 0.335. The van der Waals surface area contributed by atoms with Gasteiger partial charge in [0.05, 0.1) is 14.2 Å². The summed E-state index contributed by atoms with van der Waals surface area (Å²) in [5.74, 6) is 0.938. The van der Waals surface area contributed by atoms with E-state index in [0.29, 0.717) is 17.3 Å². The Morgan fingerprint density at radius 1 is 1.20 bits per heavy atom. The molecule has 0 aliphatic carbocycles. The average molecular weight is 360 g/mol. The van der Waals surface area contributed by atoms with Crippen LogP contribution in [0.3, 0.4) is 0 Å². The van der Waals surface area contributed by atoms with E-state index in [9.17, 15) is 4.79 Å². The molecule has 0 aromatic heterocycles. The van der Waals surface area contributed by atoms with Crippen molar-refractivity contribution in [1.82, 2.24) is 0 Å². The van der Waals surface area contributed by atoms with Crippen molar-refractivity contribution in [3.05, 3.63) is 18.2 Å². The second-order valence-electron chi connectivity index (χ2n) is 3.50. The minimum atomic E-state index is -2.03. The maximum absolute atomic E-state index is 11.2. The summed E-state index contributed by atoms with van der Waals surface area (Å²) in [5.41, 5.74) is 0. The van der Waals surface area contributed by atoms with Crippen LogP contribution in [0.2, 0.25) is 0 Å². The molecule has 0 N–H and O–H groups in total. The van der Waals surface area contributed by atoms with Gasteiger partial charge >= 0.3 is 5.97 Å². The number of alkyl halides is 3. The summed E-state index contributed by atoms with van der Waals surface area (Å²) < 4.78 is 13.1. The van der Waals surface area contributed by atoms with Crippen LogP contribution in [0, 0.1) is 0 Å². The van der Waals surface area contributed by atoms with Crippen molar-refractivity contribution in [3.8, 4) is 11.5 Å². The van der Waals surface area contributed by atoms with Gasteiger partial charge in [0.15, 0.2) is 11.5 Å². The van der Waals surface area contributed by atoms with Crippen LogP contribution in [0.1, 0.15) is 0 Å². The van der Waals surface area contributed by atoms with Gasteiger partial charge in [0.25, 0.3) is 3.79 Å². The first-order valence-corrected chi connectivity index (χ1v) is 7.59. The summed E-state index contributed by atoms with van der Waals surface area (Å²) in [4.78, 5) is 12.1. The van der Waals surface area contributed by atoms with Gasteiger partial charge in [-0.2, -0.15) is 0 Å². The lowest BCUT2D eigenvalue weighted by atomic mass is 10.3. The number of benzene rings is 1. The van der Waals surface area contributed by atoms with Crippen LogP contribution in [-0.2, 0) is 9.53 Å². The first kappa shape index (κ1) is 17.6. The molecule has 0 fully saturated rings. The molecule has 0 unspecified atom stereocenters. The zero-order chi connectivity index (χ0) is 15.2. The average Bonchev–Trinajstić information content (AvgIpc) is 2.41. The molecule has 112 valence electrons. The number of hydrogen-bond acceptors (Lipinski definition) is 5. The van der Waals surface area contributed by atoms with Gasteiger partial charge in [0.1, 0.15) is 6.61 Å². The van der Waals surface area contributed by atoms with Crippen LogP contribution in [0.5, 0.6) is 11.5 Å². The Labute approximate surface area is 136 Å². The number of esters is 1. The summed E-state index contributed by atoms with van der Waals surface area (Å²) in [5, 5.41) is 0. The van der Waals surface area contributed by atoms with Crippen LogP contribution < -0.4 is 9.47 Å². The van der Waals surface area contributed by atoms with Crippen molar-refractivity contribution in [2.45, 2.75) is 8.69 Å². The summed E-state index contributed by atoms with van der Waals surface area (Å²) in [6, 6.07) is 5.51. The number of thioether (sulfide) groups is 1. The zero-order valence-electron chi connectivity index (χ0n) is 10.8. The highest BCUT2D eigenvalue weighted by Gasteiger charge is 2.32. The first-order valence-electron chi connectivity index (χ1n) is 5.47. The standard InChI is InChI=1S/C12H13Cl3O4S/c1-17-9-4-3-8(7-10(9)18-2)20-6-5-19-11(16)12(13,14)15/h3-4,7H,5-6H2,1-2H3. The number of rotatable bonds is 6. The topological polar surface area (TPSA) is 44.8 Å². The van der Waals surface area contributed by atoms with Crippen molar-refractivity contribution in [2.24, 2.45) is 0 Å². The normalized spacial score (nSPS) is 11.1. The van der Waals surface area contributed by atoms with Gasteiger partial charge in [-0.25, -0.2) is 4.79 Å². The predicted molar refractivity (Wildman–Crippen MR) is 81.5 cm³/mol. The third-order valence-electron chi connectivity index (χ3n) is 2.17. The Balaban J connectivity index is 2.45. The molecule has 0 spiro atoms. The van der Waals surface area contributed by atoms with Crippen LogP contribution >= 0.6 is 46.6 Å². The summed E-state index contributed by atoms with van der Waals surface area (Å²) >= 11 is 17.6. The van der Waals surface area contributed by atoms with Crippen LogP contribution in [0.4, 0.5) is 0 Å². The maximum Gasteiger partial charge on any atom is 0.358 e. The second-order valence-corrected chi connectivity index (χ2v) is 6.95. The Kier molecular flexibility index (Phi) is 7.09. The van der Waals surface area contributed by atoms with Gasteiger partial charge in [-0.15, -0.1) is 11.8 Å². The van der Waals surface area contributed by atoms with E-state index in [2.05, 4.69) is 0 Å². The third-order valence-corrected chi connectivity index (χ3v) is 3.59. The minimum Gasteiger partial charge on any atom is -0.493 e. The Bertz CT molecular complexity index is 463. The van der Waals surface area contributed by atoms with E-state index in [1.807, 2.05) is 12.1 Å². The van der Waals surface area contributed by atoms with Gasteiger partial charge in [-0.1, -0.05) is 34.8 Å². The molecule has 0 saturated carbocycles. The molecular formula is C12H13Cl3O4S. The maximum atomic E-state index is 11.2. The lowest BCUT2D eigenvalue weighted by Gasteiger charge is -2.11. The Hall–Kier alpha value is -0.490. The fourth-order valence-corrected chi connectivity index (χ4v) is 2.20. The lowest BCUT2D eigenvalue weighted by molar-refractivity contribution is -0.141. The highest BCUT2D eigenvalue weighted by molar-refractivity contribution is 7.99. The smallest absolute Gasteiger partial charge is 0.358 e. The molecule has 0 aliphatic rings. The molecule has 0 aliphatic heterocycles. The molecule has 1 rings (SSSR count). The third kappa shape index (κ3) is 5.48. The second kappa shape index (κ2) is 8.08. The molecular weight excluding hydrogens is 347 g/mol. The van der Waals surface area contributed by atoms with E-state index in [1.54, 1.807) is 20.3 Å². The highest BCUT2D eigenvalue weighted by Crippen LogP contribution is 2.32. The number of ether oxygens (including phenoxy) is 3. The van der Waals surface area contributed by atoms with Crippen molar-refractivity contribution in [3.63, 3.8) is 0 Å². The number of carbonyl (C=O) groups is 1. The predicted octanol–water partition coefficient (Wildman–Crippen LogP) is 3.71. The van der Waals surface area contributed by atoms with Gasteiger partial charge in [0, 0.05) is 10.6 Å². The molecule has 1 aromatic carbocycles. The molecule has 0 radical (unpaired) electrons. The molecule has 0 amide bonds. The SMILES string of the molecule is COc1ccc(SCCOC(=O)C(Cl)(Cl)Cl)cc1OC. The van der Waals surface area contributed by atoms with Crippen LogP contribution in [0.15, 0.2) is 23.1 Å². The summed E-state index contributed by atoms with van der Waals surface area (Å²) in [7, 11) is 3.13. The Morgan fingerprint density at radius 3 is 2.40 bits per heavy atom. The number of methoxy groups -OCH3 is 2. The largest absolute Gasteiger partial charge is 0.493 e. The molecule has 4 nitrogen and oxygen atoms in total. The van der Waals surface area contributed by atoms with Gasteiger partial charge < -0.3 is 14.2 Å². The van der Waals surface area contributed by atoms with Crippen molar-refractivity contribution in [2.75, 3.05) is 26.6 Å². The molecule has 0 atom stereocenters. The molecule has 8 heteroatoms. The number of hydrogen-bond donors (Lipinski definition) is 0. The molecule has 1 aromatic rings. The molecule has 0 bridgehead atoms. The number of halogens is 3. The van der Waals surface area contributed by atoms with Crippen molar-refractivity contribution >= 4 is 52.5 Å². The zero-order valence-corrected chi connectivity index (χ0v) is 13.9. The van der Waals surface area contributed by atoms with Gasteiger partial charge in [0.2, 0.25) is 0 Å². The summed E-state index contributed by atoms with van der Waals surface area (Å²) in [6.07, 6.45) is 0. The van der Waals surface area contributed by atoms with Gasteiger partial charge in [-0.3, -0.25) is 0 Å². The van der Waals surface area contributed by atoms with Crippen LogP contribution in [-0.4, -0.2) is 36.3 Å². The minimum absolute atomic E-state index is 0.145. The molecule has 0 saturated heterocycles. The van der Waals surface area contributed by atoms with E-state index >= 15 is 0 Å². The molecule has 0 heterocycles. The van der Waals surface area contributed by atoms with E-state index < -0.39 is 9.76 Å². The van der Waals surface area contributed by atoms with E-state index in [1.165, 1.54) is 11.8 Å². The van der Waals surface area contributed by atoms with Crippen LogP contribution in [0.25, 0.3) is 0 Å². The number of carbonyl (C=O) groups excluding carboxylic acids is 1. The first-order chi connectivity index (χ1) is 9.38. The highest BCUT2D eigenvalue weighted by atomic mass is 35.6. The van der Waals surface area contributed by atoms with Gasteiger partial charge in [-0.05, 0) is 18.2 Å². The lowest BCUT2D eigenvalue weighted by Crippen LogP contribution is -2.22. The molecule has 20 heavy (non-hydrogen) atoms. The summed E-state index contributed by atoms with van der Waals surface area (Å²) in [6.45, 7) is 0.145. The van der Waals surface area contributed by atoms with E-state index in [0.717, 1.165) is 4.90 Å². The monoisotopic (exact) mass is 358 g/mol.